The molecule has 0 amide bonds. The molecule has 0 saturated carbocycles. The van der Waals surface area contributed by atoms with Crippen LogP contribution in [-0.2, 0) is 9.47 Å². The normalized spacial score (nSPS) is 12.9. The van der Waals surface area contributed by atoms with Crippen molar-refractivity contribution in [1.82, 2.24) is 0 Å². The predicted octanol–water partition coefficient (Wildman–Crippen LogP) is 5.64. The van der Waals surface area contributed by atoms with E-state index >= 15 is 0 Å². The molecule has 0 aliphatic rings. The average molecular weight is 372 g/mol. The molecule has 0 bridgehead atoms. The minimum absolute atomic E-state index is 0.391. The minimum Gasteiger partial charge on any atom is -0.461 e. The lowest BCUT2D eigenvalue weighted by Crippen LogP contribution is -2.19. The van der Waals surface area contributed by atoms with E-state index in [9.17, 15) is 0 Å². The first kappa shape index (κ1) is 20.8. The van der Waals surface area contributed by atoms with Crippen LogP contribution in [0.3, 0.4) is 0 Å². The summed E-state index contributed by atoms with van der Waals surface area (Å²) in [6.45, 7) is 12.4. The van der Waals surface area contributed by atoms with Crippen molar-refractivity contribution in [2.24, 2.45) is 0 Å². The van der Waals surface area contributed by atoms with Gasteiger partial charge in [0.2, 0.25) is 0 Å². The number of hydrogen-bond acceptors (Lipinski definition) is 5. The molecular formula is C22H28O5. The highest BCUT2D eigenvalue weighted by molar-refractivity contribution is 5.50. The summed E-state index contributed by atoms with van der Waals surface area (Å²) >= 11 is 0. The van der Waals surface area contributed by atoms with Gasteiger partial charge in [-0.05, 0) is 57.5 Å². The Morgan fingerprint density at radius 3 is 1.93 bits per heavy atom. The maximum absolute atomic E-state index is 5.93. The molecule has 0 N–H and O–H groups in total. The van der Waals surface area contributed by atoms with Gasteiger partial charge in [-0.1, -0.05) is 24.8 Å². The molecule has 5 nitrogen and oxygen atoms in total. The highest BCUT2D eigenvalue weighted by Crippen LogP contribution is 2.35. The molecule has 0 spiro atoms. The largest absolute Gasteiger partial charge is 0.461 e. The maximum Gasteiger partial charge on any atom is 0.197 e. The lowest BCUT2D eigenvalue weighted by Gasteiger charge is -2.21. The van der Waals surface area contributed by atoms with Gasteiger partial charge in [0.25, 0.3) is 0 Å². The topological polar surface area (TPSA) is 46.2 Å². The molecule has 5 heteroatoms. The third kappa shape index (κ3) is 6.62. The van der Waals surface area contributed by atoms with E-state index in [4.69, 9.17) is 23.7 Å². The highest BCUT2D eigenvalue weighted by atomic mass is 16.7. The second-order valence-electron chi connectivity index (χ2n) is 5.77. The maximum atomic E-state index is 5.93. The molecule has 0 heterocycles. The SMILES string of the molecule is C=Cc1ccc(Oc2ccc(OC(C)OCC)c(OC(C)OCC)c2)cc1. The Hall–Kier alpha value is -2.50. The van der Waals surface area contributed by atoms with E-state index < -0.39 is 12.6 Å². The van der Waals surface area contributed by atoms with Gasteiger partial charge in [0.15, 0.2) is 24.1 Å². The number of rotatable bonds is 11. The number of benzene rings is 2. The van der Waals surface area contributed by atoms with Crippen molar-refractivity contribution < 1.29 is 23.7 Å². The third-order valence-electron chi connectivity index (χ3n) is 3.66. The van der Waals surface area contributed by atoms with Gasteiger partial charge in [0.1, 0.15) is 11.5 Å². The Kier molecular flexibility index (Phi) is 8.17. The van der Waals surface area contributed by atoms with Gasteiger partial charge in [-0.15, -0.1) is 0 Å². The Balaban J connectivity index is 2.20. The summed E-state index contributed by atoms with van der Waals surface area (Å²) in [5.74, 6) is 2.46. The van der Waals surface area contributed by atoms with Gasteiger partial charge in [-0.3, -0.25) is 0 Å². The van der Waals surface area contributed by atoms with Crippen molar-refractivity contribution in [3.63, 3.8) is 0 Å². The van der Waals surface area contributed by atoms with E-state index in [0.29, 0.717) is 30.5 Å². The van der Waals surface area contributed by atoms with E-state index in [0.717, 1.165) is 11.3 Å². The third-order valence-corrected chi connectivity index (χ3v) is 3.66. The van der Waals surface area contributed by atoms with Crippen LogP contribution in [0, 0.1) is 0 Å². The molecule has 27 heavy (non-hydrogen) atoms. The predicted molar refractivity (Wildman–Crippen MR) is 106 cm³/mol. The molecule has 146 valence electrons. The van der Waals surface area contributed by atoms with Gasteiger partial charge in [0, 0.05) is 19.3 Å². The average Bonchev–Trinajstić information content (AvgIpc) is 2.65. The molecular weight excluding hydrogens is 344 g/mol. The lowest BCUT2D eigenvalue weighted by molar-refractivity contribution is -0.0766. The van der Waals surface area contributed by atoms with Crippen molar-refractivity contribution >= 4 is 6.08 Å². The van der Waals surface area contributed by atoms with Crippen molar-refractivity contribution in [1.29, 1.82) is 0 Å². The van der Waals surface area contributed by atoms with E-state index in [-0.39, 0.29) is 0 Å². The van der Waals surface area contributed by atoms with Gasteiger partial charge >= 0.3 is 0 Å². The molecule has 0 fully saturated rings. The Morgan fingerprint density at radius 2 is 1.37 bits per heavy atom. The Morgan fingerprint density at radius 1 is 0.815 bits per heavy atom. The minimum atomic E-state index is -0.415. The van der Waals surface area contributed by atoms with Gasteiger partial charge < -0.3 is 23.7 Å². The fourth-order valence-electron chi connectivity index (χ4n) is 2.44. The molecule has 0 saturated heterocycles. The first-order valence-corrected chi connectivity index (χ1v) is 9.16. The van der Waals surface area contributed by atoms with Crippen LogP contribution in [-0.4, -0.2) is 25.8 Å². The summed E-state index contributed by atoms with van der Waals surface area (Å²) < 4.78 is 28.6. The molecule has 0 aromatic heterocycles. The molecule has 2 rings (SSSR count). The van der Waals surface area contributed by atoms with E-state index in [1.54, 1.807) is 18.2 Å². The fourth-order valence-corrected chi connectivity index (χ4v) is 2.44. The summed E-state index contributed by atoms with van der Waals surface area (Å²) in [5, 5.41) is 0. The van der Waals surface area contributed by atoms with Crippen LogP contribution in [0.2, 0.25) is 0 Å². The smallest absolute Gasteiger partial charge is 0.197 e. The van der Waals surface area contributed by atoms with Gasteiger partial charge in [-0.25, -0.2) is 0 Å². The second-order valence-corrected chi connectivity index (χ2v) is 5.77. The number of hydrogen-bond donors (Lipinski definition) is 0. The molecule has 2 unspecified atom stereocenters. The van der Waals surface area contributed by atoms with Crippen LogP contribution in [0.25, 0.3) is 6.08 Å². The second kappa shape index (κ2) is 10.6. The van der Waals surface area contributed by atoms with Crippen LogP contribution in [0.4, 0.5) is 0 Å². The molecule has 2 atom stereocenters. The van der Waals surface area contributed by atoms with Gasteiger partial charge in [-0.2, -0.15) is 0 Å². The summed E-state index contributed by atoms with van der Waals surface area (Å²) in [6.07, 6.45) is 0.983. The summed E-state index contributed by atoms with van der Waals surface area (Å²) in [4.78, 5) is 0. The highest BCUT2D eigenvalue weighted by Gasteiger charge is 2.14. The van der Waals surface area contributed by atoms with E-state index in [2.05, 4.69) is 6.58 Å². The molecule has 0 radical (unpaired) electrons. The van der Waals surface area contributed by atoms with Crippen LogP contribution in [0.1, 0.15) is 33.3 Å². The van der Waals surface area contributed by atoms with E-state index in [1.165, 1.54) is 0 Å². The van der Waals surface area contributed by atoms with Crippen LogP contribution >= 0.6 is 0 Å². The van der Waals surface area contributed by atoms with Crippen LogP contribution < -0.4 is 14.2 Å². The van der Waals surface area contributed by atoms with Crippen molar-refractivity contribution in [2.75, 3.05) is 13.2 Å². The Labute approximate surface area is 161 Å². The fraction of sp³-hybridized carbons (Fsp3) is 0.364. The quantitative estimate of drug-likeness (QED) is 0.477. The molecule has 0 aliphatic carbocycles. The zero-order valence-corrected chi connectivity index (χ0v) is 16.4. The first-order valence-electron chi connectivity index (χ1n) is 9.16. The molecule has 2 aromatic rings. The van der Waals surface area contributed by atoms with Gasteiger partial charge in [0.05, 0.1) is 0 Å². The summed E-state index contributed by atoms with van der Waals surface area (Å²) in [7, 11) is 0. The van der Waals surface area contributed by atoms with Crippen LogP contribution in [0.15, 0.2) is 49.0 Å². The van der Waals surface area contributed by atoms with Crippen LogP contribution in [0.5, 0.6) is 23.0 Å². The lowest BCUT2D eigenvalue weighted by atomic mass is 10.2. The monoisotopic (exact) mass is 372 g/mol. The standard InChI is InChI=1S/C22H28O5/c1-6-18-9-11-19(12-10-18)27-20-13-14-21(25-16(4)23-7-2)22(15-20)26-17(5)24-8-3/h6,9-17H,1,7-8H2,2-5H3. The van der Waals surface area contributed by atoms with Crippen molar-refractivity contribution in [3.8, 4) is 23.0 Å². The van der Waals surface area contributed by atoms with E-state index in [1.807, 2.05) is 58.0 Å². The summed E-state index contributed by atoms with van der Waals surface area (Å²) in [5.41, 5.74) is 1.03. The first-order chi connectivity index (χ1) is 13.0. The Bertz CT molecular complexity index is 711. The molecule has 0 aliphatic heterocycles. The van der Waals surface area contributed by atoms with Crippen molar-refractivity contribution in [2.45, 2.75) is 40.3 Å². The molecule has 2 aromatic carbocycles. The summed E-state index contributed by atoms with van der Waals surface area (Å²) in [6, 6.07) is 13.1. The van der Waals surface area contributed by atoms with Crippen molar-refractivity contribution in [3.05, 3.63) is 54.6 Å². The number of ether oxygens (including phenoxy) is 5. The zero-order chi connectivity index (χ0) is 19.6. The zero-order valence-electron chi connectivity index (χ0n) is 16.4.